The highest BCUT2D eigenvalue weighted by atomic mass is 35.5. The lowest BCUT2D eigenvalue weighted by Gasteiger charge is -2.32. The summed E-state index contributed by atoms with van der Waals surface area (Å²) >= 11 is 6.16. The van der Waals surface area contributed by atoms with Gasteiger partial charge in [-0.15, -0.1) is 0 Å². The van der Waals surface area contributed by atoms with E-state index in [1.165, 1.54) is 5.56 Å². The molecule has 3 heterocycles. The van der Waals surface area contributed by atoms with Crippen molar-refractivity contribution in [2.45, 2.75) is 13.8 Å². The summed E-state index contributed by atoms with van der Waals surface area (Å²) in [5, 5.41) is 0.584. The number of nitrogens with zero attached hydrogens (tertiary/aromatic N) is 5. The van der Waals surface area contributed by atoms with Crippen LogP contribution in [0, 0.1) is 13.8 Å². The smallest absolute Gasteiger partial charge is 0.253 e. The molecule has 2 aromatic carbocycles. The molecule has 7 nitrogen and oxygen atoms in total. The van der Waals surface area contributed by atoms with Crippen LogP contribution in [0.25, 0.3) is 16.9 Å². The predicted molar refractivity (Wildman–Crippen MR) is 139 cm³/mol. The number of hydrogen-bond acceptors (Lipinski definition) is 5. The average molecular weight is 492 g/mol. The highest BCUT2D eigenvalue weighted by Crippen LogP contribution is 2.30. The van der Waals surface area contributed by atoms with Gasteiger partial charge in [0, 0.05) is 49.7 Å². The molecular weight excluding hydrogens is 462 g/mol. The highest BCUT2D eigenvalue weighted by molar-refractivity contribution is 6.32. The molecule has 182 valence electrons. The molecule has 1 aliphatic heterocycles. The largest absolute Gasteiger partial charge is 0.495 e. The van der Waals surface area contributed by atoms with E-state index in [2.05, 4.69) is 21.9 Å². The molecule has 4 aromatic rings. The van der Waals surface area contributed by atoms with Crippen LogP contribution in [0.2, 0.25) is 5.02 Å². The Labute approximate surface area is 210 Å². The second-order valence-electron chi connectivity index (χ2n) is 8.66. The number of aryl methyl sites for hydroxylation is 2. The SMILES string of the molecule is COc1ccc(-c2cnc3c(C)nccn23)cc1Cl.Cc1ccc(C(=O)N2CCN(C)CC2)cc1. The van der Waals surface area contributed by atoms with E-state index >= 15 is 0 Å². The van der Waals surface area contributed by atoms with Gasteiger partial charge in [-0.2, -0.15) is 0 Å². The van der Waals surface area contributed by atoms with Crippen molar-refractivity contribution in [3.8, 4) is 17.0 Å². The standard InChI is InChI=1S/C14H12ClN3O.C13H18N2O/c1-9-14-17-8-12(18(14)6-5-16-9)10-3-4-13(19-2)11(15)7-10;1-11-3-5-12(6-4-11)13(16)15-9-7-14(2)8-10-15/h3-8H,1-2H3;3-6H,7-10H2,1-2H3. The summed E-state index contributed by atoms with van der Waals surface area (Å²) in [6.45, 7) is 7.58. The molecule has 0 atom stereocenters. The molecule has 1 aliphatic rings. The zero-order valence-electron chi connectivity index (χ0n) is 20.5. The predicted octanol–water partition coefficient (Wildman–Crippen LogP) is 4.75. The third-order valence-electron chi connectivity index (χ3n) is 6.14. The Morgan fingerprint density at radius 2 is 1.71 bits per heavy atom. The van der Waals surface area contributed by atoms with Crippen LogP contribution in [0.4, 0.5) is 0 Å². The first kappa shape index (κ1) is 24.7. The average Bonchev–Trinajstić information content (AvgIpc) is 3.30. The minimum absolute atomic E-state index is 0.160. The number of ether oxygens (including phenoxy) is 1. The number of halogens is 1. The van der Waals surface area contributed by atoms with Gasteiger partial charge < -0.3 is 14.5 Å². The Morgan fingerprint density at radius 3 is 2.37 bits per heavy atom. The van der Waals surface area contributed by atoms with E-state index in [1.54, 1.807) is 13.3 Å². The molecule has 0 N–H and O–H groups in total. The van der Waals surface area contributed by atoms with Crippen molar-refractivity contribution < 1.29 is 9.53 Å². The molecule has 0 bridgehead atoms. The minimum atomic E-state index is 0.160. The molecule has 0 unspecified atom stereocenters. The Hall–Kier alpha value is -3.42. The molecule has 1 fully saturated rings. The lowest BCUT2D eigenvalue weighted by atomic mass is 10.1. The van der Waals surface area contributed by atoms with Gasteiger partial charge >= 0.3 is 0 Å². The molecule has 1 amide bonds. The second kappa shape index (κ2) is 10.9. The topological polar surface area (TPSA) is 63.0 Å². The van der Waals surface area contributed by atoms with Crippen molar-refractivity contribution in [3.05, 3.63) is 82.9 Å². The Morgan fingerprint density at radius 1 is 1.00 bits per heavy atom. The van der Waals surface area contributed by atoms with E-state index in [0.29, 0.717) is 10.8 Å². The number of hydrogen-bond donors (Lipinski definition) is 0. The van der Waals surface area contributed by atoms with Crippen LogP contribution in [0.5, 0.6) is 5.75 Å². The Balaban J connectivity index is 0.000000168. The third-order valence-corrected chi connectivity index (χ3v) is 6.44. The maximum Gasteiger partial charge on any atom is 0.253 e. The maximum atomic E-state index is 12.1. The van der Waals surface area contributed by atoms with Gasteiger partial charge in [0.15, 0.2) is 5.65 Å². The van der Waals surface area contributed by atoms with E-state index < -0.39 is 0 Å². The lowest BCUT2D eigenvalue weighted by molar-refractivity contribution is 0.0664. The summed E-state index contributed by atoms with van der Waals surface area (Å²) in [5.74, 6) is 0.824. The fourth-order valence-corrected chi connectivity index (χ4v) is 4.23. The Bertz CT molecular complexity index is 1310. The first-order valence-electron chi connectivity index (χ1n) is 11.5. The molecule has 8 heteroatoms. The Kier molecular flexibility index (Phi) is 7.68. The fourth-order valence-electron chi connectivity index (χ4n) is 3.98. The third kappa shape index (κ3) is 5.63. The van der Waals surface area contributed by atoms with Gasteiger partial charge in [-0.25, -0.2) is 4.98 Å². The van der Waals surface area contributed by atoms with E-state index in [0.717, 1.165) is 54.3 Å². The van der Waals surface area contributed by atoms with E-state index in [9.17, 15) is 4.79 Å². The van der Waals surface area contributed by atoms with Crippen LogP contribution in [-0.2, 0) is 0 Å². The number of imidazole rings is 1. The summed E-state index contributed by atoms with van der Waals surface area (Å²) < 4.78 is 7.16. The zero-order valence-corrected chi connectivity index (χ0v) is 21.3. The summed E-state index contributed by atoms with van der Waals surface area (Å²) in [4.78, 5) is 24.9. The first-order valence-corrected chi connectivity index (χ1v) is 11.9. The number of aromatic nitrogens is 3. The second-order valence-corrected chi connectivity index (χ2v) is 9.07. The van der Waals surface area contributed by atoms with Gasteiger partial charge in [-0.3, -0.25) is 14.2 Å². The number of fused-ring (bicyclic) bond motifs is 1. The van der Waals surface area contributed by atoms with Crippen LogP contribution in [0.3, 0.4) is 0 Å². The summed E-state index contributed by atoms with van der Waals surface area (Å²) in [6.07, 6.45) is 5.48. The lowest BCUT2D eigenvalue weighted by Crippen LogP contribution is -2.47. The maximum absolute atomic E-state index is 12.1. The van der Waals surface area contributed by atoms with Crippen molar-refractivity contribution >= 4 is 23.2 Å². The summed E-state index contributed by atoms with van der Waals surface area (Å²) in [6, 6.07) is 13.5. The van der Waals surface area contributed by atoms with Crippen LogP contribution in [0.1, 0.15) is 21.6 Å². The number of carbonyl (C=O) groups excluding carboxylic acids is 1. The van der Waals surface area contributed by atoms with Crippen LogP contribution in [-0.4, -0.2) is 70.4 Å². The molecule has 0 spiro atoms. The van der Waals surface area contributed by atoms with Gasteiger partial charge in [0.25, 0.3) is 5.91 Å². The summed E-state index contributed by atoms with van der Waals surface area (Å²) in [5.41, 5.74) is 5.71. The molecule has 2 aromatic heterocycles. The van der Waals surface area contributed by atoms with Crippen LogP contribution < -0.4 is 4.74 Å². The van der Waals surface area contributed by atoms with Gasteiger partial charge in [-0.05, 0) is 51.2 Å². The molecule has 0 saturated carbocycles. The van der Waals surface area contributed by atoms with Gasteiger partial charge in [-0.1, -0.05) is 29.3 Å². The number of likely N-dealkylation sites (N-methyl/N-ethyl adjacent to an activating group) is 1. The number of methoxy groups -OCH3 is 1. The molecule has 1 saturated heterocycles. The quantitative estimate of drug-likeness (QED) is 0.414. The molecule has 5 rings (SSSR count). The number of amides is 1. The van der Waals surface area contributed by atoms with Crippen LogP contribution in [0.15, 0.2) is 61.1 Å². The number of rotatable bonds is 3. The number of carbonyl (C=O) groups is 1. The molecule has 35 heavy (non-hydrogen) atoms. The van der Waals surface area contributed by atoms with Gasteiger partial charge in [0.1, 0.15) is 5.75 Å². The normalized spacial score (nSPS) is 13.9. The van der Waals surface area contributed by atoms with E-state index in [1.807, 2.05) is 78.0 Å². The minimum Gasteiger partial charge on any atom is -0.495 e. The monoisotopic (exact) mass is 491 g/mol. The van der Waals surface area contributed by atoms with Crippen molar-refractivity contribution in [3.63, 3.8) is 0 Å². The highest BCUT2D eigenvalue weighted by Gasteiger charge is 2.19. The fraction of sp³-hybridized carbons (Fsp3) is 0.296. The first-order chi connectivity index (χ1) is 16.9. The van der Waals surface area contributed by atoms with E-state index in [4.69, 9.17) is 16.3 Å². The molecule has 0 aliphatic carbocycles. The van der Waals surface area contributed by atoms with Crippen molar-refractivity contribution in [2.75, 3.05) is 40.3 Å². The van der Waals surface area contributed by atoms with Crippen LogP contribution >= 0.6 is 11.6 Å². The van der Waals surface area contributed by atoms with Gasteiger partial charge in [0.2, 0.25) is 0 Å². The van der Waals surface area contributed by atoms with Crippen molar-refractivity contribution in [1.82, 2.24) is 24.2 Å². The van der Waals surface area contributed by atoms with Gasteiger partial charge in [0.05, 0.1) is 29.7 Å². The number of piperazine rings is 1. The summed E-state index contributed by atoms with van der Waals surface area (Å²) in [7, 11) is 3.69. The van der Waals surface area contributed by atoms with Crippen molar-refractivity contribution in [1.29, 1.82) is 0 Å². The molecular formula is C27H30ClN5O2. The number of benzene rings is 2. The van der Waals surface area contributed by atoms with Crippen molar-refractivity contribution in [2.24, 2.45) is 0 Å². The molecule has 0 radical (unpaired) electrons. The van der Waals surface area contributed by atoms with E-state index in [-0.39, 0.29) is 5.91 Å². The zero-order chi connectivity index (χ0) is 24.9.